The molecule has 22 heavy (non-hydrogen) atoms. The van der Waals surface area contributed by atoms with Crippen molar-refractivity contribution in [2.24, 2.45) is 0 Å². The Labute approximate surface area is 129 Å². The number of benzene rings is 2. The van der Waals surface area contributed by atoms with Gasteiger partial charge in [0, 0.05) is 22.2 Å². The van der Waals surface area contributed by atoms with Gasteiger partial charge in [-0.1, -0.05) is 48.5 Å². The highest BCUT2D eigenvalue weighted by atomic mass is 14.8. The summed E-state index contributed by atoms with van der Waals surface area (Å²) < 4.78 is 0. The molecule has 0 N–H and O–H groups in total. The molecule has 4 aromatic rings. The molecule has 0 saturated heterocycles. The summed E-state index contributed by atoms with van der Waals surface area (Å²) in [5.41, 5.74) is 3.96. The lowest BCUT2D eigenvalue weighted by Gasteiger charge is -2.09. The molecular weight excluding hydrogens is 268 g/mol. The van der Waals surface area contributed by atoms with Crippen LogP contribution in [0.15, 0.2) is 60.7 Å². The molecule has 0 spiro atoms. The average molecular weight is 284 g/mol. The highest BCUT2D eigenvalue weighted by Gasteiger charge is 2.08. The van der Waals surface area contributed by atoms with Crippen LogP contribution in [0.4, 0.5) is 0 Å². The van der Waals surface area contributed by atoms with E-state index in [1.54, 1.807) is 0 Å². The van der Waals surface area contributed by atoms with Crippen LogP contribution in [-0.2, 0) is 0 Å². The molecular formula is C20H16N2. The van der Waals surface area contributed by atoms with Gasteiger partial charge in [-0.25, -0.2) is 0 Å². The maximum Gasteiger partial charge on any atom is 0.0896 e. The molecule has 2 heterocycles. The SMILES string of the molecule is Cc1nc(-c2cc3ccccc3c(C)n2)cc2ccccc12. The molecule has 0 unspecified atom stereocenters. The van der Waals surface area contributed by atoms with E-state index >= 15 is 0 Å². The Balaban J connectivity index is 1.99. The molecule has 2 heteroatoms. The molecule has 106 valence electrons. The fourth-order valence-electron chi connectivity index (χ4n) is 3.01. The molecule has 0 bridgehead atoms. The first-order chi connectivity index (χ1) is 10.7. The van der Waals surface area contributed by atoms with Crippen LogP contribution in [0.1, 0.15) is 11.4 Å². The molecule has 0 fully saturated rings. The van der Waals surface area contributed by atoms with Gasteiger partial charge in [0.25, 0.3) is 0 Å². The quantitative estimate of drug-likeness (QED) is 0.488. The van der Waals surface area contributed by atoms with E-state index in [4.69, 9.17) is 9.97 Å². The lowest BCUT2D eigenvalue weighted by molar-refractivity contribution is 1.18. The maximum absolute atomic E-state index is 4.76. The van der Waals surface area contributed by atoms with Crippen LogP contribution in [0.25, 0.3) is 32.9 Å². The Morgan fingerprint density at radius 3 is 1.45 bits per heavy atom. The van der Waals surface area contributed by atoms with Gasteiger partial charge in [0.15, 0.2) is 0 Å². The van der Waals surface area contributed by atoms with Crippen LogP contribution in [0, 0.1) is 13.8 Å². The monoisotopic (exact) mass is 284 g/mol. The van der Waals surface area contributed by atoms with E-state index in [9.17, 15) is 0 Å². The Hall–Kier alpha value is -2.74. The fraction of sp³-hybridized carbons (Fsp3) is 0.100. The average Bonchev–Trinajstić information content (AvgIpc) is 2.55. The minimum atomic E-state index is 0.935. The van der Waals surface area contributed by atoms with Crippen molar-refractivity contribution in [3.05, 3.63) is 72.1 Å². The Morgan fingerprint density at radius 1 is 0.591 bits per heavy atom. The van der Waals surface area contributed by atoms with E-state index in [2.05, 4.69) is 74.5 Å². The van der Waals surface area contributed by atoms with Crippen molar-refractivity contribution >= 4 is 21.5 Å². The fourth-order valence-corrected chi connectivity index (χ4v) is 3.01. The molecule has 0 aliphatic heterocycles. The van der Waals surface area contributed by atoms with E-state index in [-0.39, 0.29) is 0 Å². The standard InChI is InChI=1S/C20H16N2/c1-13-17-9-5-3-7-15(17)11-19(21-13)20-12-16-8-4-6-10-18(16)14(2)22-20/h3-12H,1-2H3. The van der Waals surface area contributed by atoms with Crippen molar-refractivity contribution in [1.82, 2.24) is 9.97 Å². The van der Waals surface area contributed by atoms with Crippen LogP contribution < -0.4 is 0 Å². The number of hydrogen-bond acceptors (Lipinski definition) is 2. The van der Waals surface area contributed by atoms with Gasteiger partial charge < -0.3 is 0 Å². The normalized spacial score (nSPS) is 11.2. The minimum Gasteiger partial charge on any atom is -0.251 e. The molecule has 0 atom stereocenters. The van der Waals surface area contributed by atoms with Crippen LogP contribution >= 0.6 is 0 Å². The second kappa shape index (κ2) is 4.92. The first-order valence-electron chi connectivity index (χ1n) is 7.45. The second-order valence-electron chi connectivity index (χ2n) is 5.63. The number of rotatable bonds is 1. The summed E-state index contributed by atoms with van der Waals surface area (Å²) in [6.07, 6.45) is 0. The van der Waals surface area contributed by atoms with Gasteiger partial charge in [-0.3, -0.25) is 9.97 Å². The summed E-state index contributed by atoms with van der Waals surface area (Å²) in [6.45, 7) is 4.11. The molecule has 4 rings (SSSR count). The van der Waals surface area contributed by atoms with E-state index in [1.165, 1.54) is 21.5 Å². The summed E-state index contributed by atoms with van der Waals surface area (Å²) in [4.78, 5) is 9.51. The number of fused-ring (bicyclic) bond motifs is 2. The van der Waals surface area contributed by atoms with Gasteiger partial charge in [0.2, 0.25) is 0 Å². The lowest BCUT2D eigenvalue weighted by Crippen LogP contribution is -1.94. The highest BCUT2D eigenvalue weighted by Crippen LogP contribution is 2.26. The molecule has 2 aromatic carbocycles. The predicted octanol–water partition coefficient (Wildman–Crippen LogP) is 5.07. The van der Waals surface area contributed by atoms with Crippen molar-refractivity contribution < 1.29 is 0 Å². The summed E-state index contributed by atoms with van der Waals surface area (Å²) in [7, 11) is 0. The van der Waals surface area contributed by atoms with E-state index < -0.39 is 0 Å². The van der Waals surface area contributed by atoms with Crippen molar-refractivity contribution in [3.8, 4) is 11.4 Å². The van der Waals surface area contributed by atoms with Crippen LogP contribution in [-0.4, -0.2) is 9.97 Å². The molecule has 2 nitrogen and oxygen atoms in total. The smallest absolute Gasteiger partial charge is 0.0896 e. The first kappa shape index (κ1) is 13.0. The highest BCUT2D eigenvalue weighted by molar-refractivity contribution is 5.90. The Bertz CT molecular complexity index is 920. The largest absolute Gasteiger partial charge is 0.251 e. The summed E-state index contributed by atoms with van der Waals surface area (Å²) in [6, 6.07) is 20.9. The zero-order chi connectivity index (χ0) is 15.1. The molecule has 0 saturated carbocycles. The van der Waals surface area contributed by atoms with Crippen molar-refractivity contribution in [2.45, 2.75) is 13.8 Å². The second-order valence-corrected chi connectivity index (χ2v) is 5.63. The number of hydrogen-bond donors (Lipinski definition) is 0. The molecule has 0 aliphatic carbocycles. The third kappa shape index (κ3) is 2.04. The Morgan fingerprint density at radius 2 is 1.00 bits per heavy atom. The third-order valence-corrected chi connectivity index (χ3v) is 4.12. The third-order valence-electron chi connectivity index (χ3n) is 4.12. The van der Waals surface area contributed by atoms with Gasteiger partial charge >= 0.3 is 0 Å². The number of pyridine rings is 2. The van der Waals surface area contributed by atoms with Gasteiger partial charge in [-0.05, 0) is 36.8 Å². The van der Waals surface area contributed by atoms with Gasteiger partial charge in [-0.15, -0.1) is 0 Å². The van der Waals surface area contributed by atoms with Crippen molar-refractivity contribution in [2.75, 3.05) is 0 Å². The van der Waals surface area contributed by atoms with Gasteiger partial charge in [0.05, 0.1) is 11.4 Å². The van der Waals surface area contributed by atoms with Gasteiger partial charge in [0.1, 0.15) is 0 Å². The van der Waals surface area contributed by atoms with E-state index in [0.717, 1.165) is 22.8 Å². The van der Waals surface area contributed by atoms with Crippen molar-refractivity contribution in [1.29, 1.82) is 0 Å². The molecule has 2 aromatic heterocycles. The van der Waals surface area contributed by atoms with E-state index in [1.807, 2.05) is 0 Å². The van der Waals surface area contributed by atoms with Crippen LogP contribution in [0.3, 0.4) is 0 Å². The lowest BCUT2D eigenvalue weighted by atomic mass is 10.1. The summed E-state index contributed by atoms with van der Waals surface area (Å²) in [5.74, 6) is 0. The van der Waals surface area contributed by atoms with Crippen LogP contribution in [0.2, 0.25) is 0 Å². The van der Waals surface area contributed by atoms with Crippen LogP contribution in [0.5, 0.6) is 0 Å². The summed E-state index contributed by atoms with van der Waals surface area (Å²) in [5, 5.41) is 4.81. The first-order valence-corrected chi connectivity index (χ1v) is 7.45. The number of aryl methyl sites for hydroxylation is 2. The van der Waals surface area contributed by atoms with Gasteiger partial charge in [-0.2, -0.15) is 0 Å². The predicted molar refractivity (Wildman–Crippen MR) is 92.0 cm³/mol. The molecule has 0 aliphatic rings. The van der Waals surface area contributed by atoms with E-state index in [0.29, 0.717) is 0 Å². The maximum atomic E-state index is 4.76. The Kier molecular flexibility index (Phi) is 2.90. The zero-order valence-electron chi connectivity index (χ0n) is 12.7. The number of nitrogens with zero attached hydrogens (tertiary/aromatic N) is 2. The topological polar surface area (TPSA) is 25.8 Å². The van der Waals surface area contributed by atoms with Crippen molar-refractivity contribution in [3.63, 3.8) is 0 Å². The zero-order valence-corrected chi connectivity index (χ0v) is 12.7. The summed E-state index contributed by atoms with van der Waals surface area (Å²) >= 11 is 0. The molecule has 0 amide bonds. The molecule has 0 radical (unpaired) electrons. The minimum absolute atomic E-state index is 0.935. The number of aromatic nitrogens is 2.